The highest BCUT2D eigenvalue weighted by Crippen LogP contribution is 2.30. The second-order valence-corrected chi connectivity index (χ2v) is 4.49. The van der Waals surface area contributed by atoms with Gasteiger partial charge in [0.1, 0.15) is 5.75 Å². The van der Waals surface area contributed by atoms with Crippen molar-refractivity contribution in [3.63, 3.8) is 0 Å². The number of aromatic amines is 1. The molecule has 102 valence electrons. The van der Waals surface area contributed by atoms with Crippen molar-refractivity contribution < 1.29 is 9.53 Å². The fourth-order valence-electron chi connectivity index (χ4n) is 2.44. The summed E-state index contributed by atoms with van der Waals surface area (Å²) in [6, 6.07) is 5.76. The highest BCUT2D eigenvalue weighted by molar-refractivity contribution is 6.09. The maximum Gasteiger partial charge on any atom is 0.256 e. The maximum absolute atomic E-state index is 12.6. The molecule has 19 heavy (non-hydrogen) atoms. The monoisotopic (exact) mass is 260 g/mol. The van der Waals surface area contributed by atoms with Gasteiger partial charge in [0.05, 0.1) is 18.2 Å². The molecule has 0 saturated carbocycles. The van der Waals surface area contributed by atoms with Gasteiger partial charge in [0.2, 0.25) is 0 Å². The summed E-state index contributed by atoms with van der Waals surface area (Å²) in [4.78, 5) is 17.7. The first kappa shape index (κ1) is 13.5. The zero-order chi connectivity index (χ0) is 14.0. The van der Waals surface area contributed by atoms with Crippen LogP contribution in [-0.2, 0) is 0 Å². The topological polar surface area (TPSA) is 45.3 Å². The van der Waals surface area contributed by atoms with Gasteiger partial charge < -0.3 is 14.6 Å². The molecule has 0 spiro atoms. The van der Waals surface area contributed by atoms with Crippen molar-refractivity contribution in [3.8, 4) is 5.75 Å². The number of fused-ring (bicyclic) bond motifs is 1. The van der Waals surface area contributed by atoms with Crippen LogP contribution in [0.15, 0.2) is 18.2 Å². The number of hydrogen-bond donors (Lipinski definition) is 1. The molecule has 0 bridgehead atoms. The van der Waals surface area contributed by atoms with Crippen molar-refractivity contribution >= 4 is 16.8 Å². The molecule has 1 amide bonds. The minimum atomic E-state index is 0.0713. The van der Waals surface area contributed by atoms with E-state index in [2.05, 4.69) is 4.98 Å². The van der Waals surface area contributed by atoms with Crippen LogP contribution in [0, 0.1) is 6.92 Å². The summed E-state index contributed by atoms with van der Waals surface area (Å²) < 4.78 is 5.33. The van der Waals surface area contributed by atoms with E-state index in [9.17, 15) is 4.79 Å². The first-order valence-corrected chi connectivity index (χ1v) is 6.58. The zero-order valence-corrected chi connectivity index (χ0v) is 11.9. The molecule has 4 nitrogen and oxygen atoms in total. The minimum absolute atomic E-state index is 0.0713. The summed E-state index contributed by atoms with van der Waals surface area (Å²) in [5.41, 5.74) is 2.52. The van der Waals surface area contributed by atoms with Gasteiger partial charge in [-0.15, -0.1) is 0 Å². The smallest absolute Gasteiger partial charge is 0.256 e. The first-order chi connectivity index (χ1) is 9.13. The molecule has 1 N–H and O–H groups in total. The van der Waals surface area contributed by atoms with Gasteiger partial charge in [-0.05, 0) is 26.8 Å². The van der Waals surface area contributed by atoms with Gasteiger partial charge >= 0.3 is 0 Å². The fourth-order valence-corrected chi connectivity index (χ4v) is 2.44. The minimum Gasteiger partial charge on any atom is -0.495 e. The van der Waals surface area contributed by atoms with E-state index in [-0.39, 0.29) is 5.91 Å². The average Bonchev–Trinajstić information content (AvgIpc) is 2.75. The largest absolute Gasteiger partial charge is 0.495 e. The van der Waals surface area contributed by atoms with Gasteiger partial charge in [0.15, 0.2) is 0 Å². The standard InChI is InChI=1S/C15H20N2O2/c1-5-17(6-2)15(18)13-10(3)16-14-11(13)8-7-9-12(14)19-4/h7-9,16H,5-6H2,1-4H3. The SMILES string of the molecule is CCN(CC)C(=O)c1c(C)[nH]c2c(OC)cccc12. The molecule has 0 aliphatic rings. The molecule has 4 heteroatoms. The normalized spacial score (nSPS) is 10.7. The van der Waals surface area contributed by atoms with Crippen LogP contribution in [0.1, 0.15) is 29.9 Å². The molecule has 0 aliphatic heterocycles. The van der Waals surface area contributed by atoms with E-state index in [1.165, 1.54) is 0 Å². The van der Waals surface area contributed by atoms with Crippen LogP contribution in [0.4, 0.5) is 0 Å². The van der Waals surface area contributed by atoms with Crippen molar-refractivity contribution in [3.05, 3.63) is 29.5 Å². The number of carbonyl (C=O) groups is 1. The maximum atomic E-state index is 12.6. The third kappa shape index (κ3) is 2.18. The number of nitrogens with one attached hydrogen (secondary N) is 1. The summed E-state index contributed by atoms with van der Waals surface area (Å²) in [6.45, 7) is 7.34. The molecule has 0 unspecified atom stereocenters. The Bertz CT molecular complexity index is 597. The van der Waals surface area contributed by atoms with Gasteiger partial charge in [-0.25, -0.2) is 0 Å². The summed E-state index contributed by atoms with van der Waals surface area (Å²) in [7, 11) is 1.64. The van der Waals surface area contributed by atoms with E-state index in [4.69, 9.17) is 4.74 Å². The Balaban J connectivity index is 2.61. The predicted octanol–water partition coefficient (Wildman–Crippen LogP) is 2.97. The Labute approximate surface area is 113 Å². The van der Waals surface area contributed by atoms with E-state index in [0.29, 0.717) is 13.1 Å². The van der Waals surface area contributed by atoms with Crippen LogP contribution >= 0.6 is 0 Å². The Morgan fingerprint density at radius 3 is 2.58 bits per heavy atom. The lowest BCUT2D eigenvalue weighted by Crippen LogP contribution is -2.30. The number of methoxy groups -OCH3 is 1. The molecule has 0 atom stereocenters. The van der Waals surface area contributed by atoms with Crippen LogP contribution < -0.4 is 4.74 Å². The molecule has 0 saturated heterocycles. The number of hydrogen-bond acceptors (Lipinski definition) is 2. The molecular weight excluding hydrogens is 240 g/mol. The third-order valence-corrected chi connectivity index (χ3v) is 3.47. The summed E-state index contributed by atoms with van der Waals surface area (Å²) in [5, 5.41) is 0.925. The van der Waals surface area contributed by atoms with E-state index in [0.717, 1.165) is 27.9 Å². The van der Waals surface area contributed by atoms with Gasteiger partial charge in [-0.3, -0.25) is 4.79 Å². The lowest BCUT2D eigenvalue weighted by Gasteiger charge is -2.18. The van der Waals surface area contributed by atoms with Crippen LogP contribution in [0.3, 0.4) is 0 Å². The molecule has 2 aromatic rings. The quantitative estimate of drug-likeness (QED) is 0.918. The molecule has 0 aliphatic carbocycles. The van der Waals surface area contributed by atoms with E-state index in [1.807, 2.05) is 43.9 Å². The number of ether oxygens (including phenoxy) is 1. The van der Waals surface area contributed by atoms with E-state index in [1.54, 1.807) is 7.11 Å². The molecule has 1 aromatic carbocycles. The van der Waals surface area contributed by atoms with Crippen molar-refractivity contribution in [2.75, 3.05) is 20.2 Å². The van der Waals surface area contributed by atoms with Crippen molar-refractivity contribution in [1.82, 2.24) is 9.88 Å². The number of benzene rings is 1. The molecule has 2 rings (SSSR count). The number of nitrogens with zero attached hydrogens (tertiary/aromatic N) is 1. The van der Waals surface area contributed by atoms with Crippen LogP contribution in [-0.4, -0.2) is 36.0 Å². The number of amides is 1. The number of para-hydroxylation sites is 1. The van der Waals surface area contributed by atoms with Gasteiger partial charge in [-0.1, -0.05) is 12.1 Å². The van der Waals surface area contributed by atoms with Gasteiger partial charge in [-0.2, -0.15) is 0 Å². The Hall–Kier alpha value is -1.97. The third-order valence-electron chi connectivity index (χ3n) is 3.47. The highest BCUT2D eigenvalue weighted by Gasteiger charge is 2.21. The summed E-state index contributed by atoms with van der Waals surface area (Å²) in [6.07, 6.45) is 0. The lowest BCUT2D eigenvalue weighted by molar-refractivity contribution is 0.0774. The highest BCUT2D eigenvalue weighted by atomic mass is 16.5. The zero-order valence-electron chi connectivity index (χ0n) is 11.9. The number of aryl methyl sites for hydroxylation is 1. The molecular formula is C15H20N2O2. The first-order valence-electron chi connectivity index (χ1n) is 6.58. The van der Waals surface area contributed by atoms with Crippen molar-refractivity contribution in [1.29, 1.82) is 0 Å². The van der Waals surface area contributed by atoms with Crippen LogP contribution in [0.2, 0.25) is 0 Å². The average molecular weight is 260 g/mol. The van der Waals surface area contributed by atoms with Crippen molar-refractivity contribution in [2.45, 2.75) is 20.8 Å². The Morgan fingerprint density at radius 2 is 2.00 bits per heavy atom. The second kappa shape index (κ2) is 5.34. The lowest BCUT2D eigenvalue weighted by atomic mass is 10.1. The Morgan fingerprint density at radius 1 is 1.32 bits per heavy atom. The molecule has 1 heterocycles. The second-order valence-electron chi connectivity index (χ2n) is 4.49. The molecule has 0 radical (unpaired) electrons. The summed E-state index contributed by atoms with van der Waals surface area (Å²) >= 11 is 0. The number of aromatic nitrogens is 1. The molecule has 1 aromatic heterocycles. The summed E-state index contributed by atoms with van der Waals surface area (Å²) in [5.74, 6) is 0.834. The predicted molar refractivity (Wildman–Crippen MR) is 76.8 cm³/mol. The van der Waals surface area contributed by atoms with Gasteiger partial charge in [0, 0.05) is 24.2 Å². The number of rotatable bonds is 4. The Kier molecular flexibility index (Phi) is 3.79. The fraction of sp³-hybridized carbons (Fsp3) is 0.400. The van der Waals surface area contributed by atoms with Crippen LogP contribution in [0.5, 0.6) is 5.75 Å². The van der Waals surface area contributed by atoms with E-state index < -0.39 is 0 Å². The van der Waals surface area contributed by atoms with Crippen LogP contribution in [0.25, 0.3) is 10.9 Å². The molecule has 0 fully saturated rings. The number of carbonyl (C=O) groups excluding carboxylic acids is 1. The van der Waals surface area contributed by atoms with Crippen molar-refractivity contribution in [2.24, 2.45) is 0 Å². The van der Waals surface area contributed by atoms with Gasteiger partial charge in [0.25, 0.3) is 5.91 Å². The number of H-pyrrole nitrogens is 1. The van der Waals surface area contributed by atoms with E-state index >= 15 is 0 Å².